The molecule has 1 aliphatic heterocycles. The number of rotatable bonds is 2. The third kappa shape index (κ3) is 3.07. The fourth-order valence-corrected chi connectivity index (χ4v) is 8.68. The average molecular weight is 524 g/mol. The number of Topliss-reactive ketones (excluding diaryl/α,β-unsaturated/α-hetero) is 1. The van der Waals surface area contributed by atoms with Crippen molar-refractivity contribution < 1.29 is 28.9 Å². The van der Waals surface area contributed by atoms with E-state index < -0.39 is 35.0 Å². The zero-order chi connectivity index (χ0) is 27.7. The summed E-state index contributed by atoms with van der Waals surface area (Å²) in [5, 5.41) is 13.1. The van der Waals surface area contributed by atoms with Gasteiger partial charge in [0.2, 0.25) is 0 Å². The number of nitrogens with zero attached hydrogens (tertiary/aromatic N) is 1. The highest BCUT2D eigenvalue weighted by Crippen LogP contribution is 2.72. The number of ketones is 1. The maximum atomic E-state index is 14.8. The van der Waals surface area contributed by atoms with Crippen LogP contribution in [0.2, 0.25) is 0 Å². The molecule has 1 saturated heterocycles. The van der Waals surface area contributed by atoms with Crippen LogP contribution in [0.1, 0.15) is 69.7 Å². The van der Waals surface area contributed by atoms with Gasteiger partial charge in [0.05, 0.1) is 12.0 Å². The molecule has 0 radical (unpaired) electrons. The number of fused-ring (bicyclic) bond motifs is 5. The minimum absolute atomic E-state index is 0.0117. The van der Waals surface area contributed by atoms with Crippen molar-refractivity contribution in [1.29, 1.82) is 0 Å². The molecule has 1 aromatic heterocycles. The molecule has 6 rings (SSSR count). The first-order valence-electron chi connectivity index (χ1n) is 13.9. The van der Waals surface area contributed by atoms with Gasteiger partial charge in [0.25, 0.3) is 0 Å². The highest BCUT2D eigenvalue weighted by molar-refractivity contribution is 5.96. The van der Waals surface area contributed by atoms with Crippen molar-refractivity contribution in [3.05, 3.63) is 46.3 Å². The maximum Gasteiger partial charge on any atom is 0.355 e. The molecule has 1 spiro atoms. The molecule has 1 aromatic rings. The second-order valence-corrected chi connectivity index (χ2v) is 13.7. The first-order valence-corrected chi connectivity index (χ1v) is 13.9. The van der Waals surface area contributed by atoms with E-state index in [1.807, 2.05) is 64.5 Å². The van der Waals surface area contributed by atoms with Crippen LogP contribution >= 0.6 is 0 Å². The van der Waals surface area contributed by atoms with E-state index in [1.165, 1.54) is 0 Å². The number of carbonyl (C=O) groups is 2. The molecular weight excluding hydrogens is 482 g/mol. The fourth-order valence-electron chi connectivity index (χ4n) is 8.68. The van der Waals surface area contributed by atoms with Crippen molar-refractivity contribution in [2.75, 3.05) is 6.61 Å². The van der Waals surface area contributed by atoms with Gasteiger partial charge in [-0.1, -0.05) is 32.9 Å². The molecule has 206 valence electrons. The zero-order valence-corrected chi connectivity index (χ0v) is 24.0. The smallest absolute Gasteiger partial charge is 0.355 e. The molecule has 2 bridgehead atoms. The second kappa shape index (κ2) is 7.70. The van der Waals surface area contributed by atoms with Crippen molar-refractivity contribution >= 4 is 11.8 Å². The Morgan fingerprint density at radius 1 is 1.18 bits per heavy atom. The van der Waals surface area contributed by atoms with Crippen LogP contribution in [-0.4, -0.2) is 51.6 Å². The number of aryl methyl sites for hydroxylation is 2. The first-order chi connectivity index (χ1) is 17.6. The summed E-state index contributed by atoms with van der Waals surface area (Å²) < 4.78 is 20.6. The molecule has 0 amide bonds. The van der Waals surface area contributed by atoms with Crippen LogP contribution in [-0.2, 0) is 26.1 Å². The van der Waals surface area contributed by atoms with Gasteiger partial charge in [0.15, 0.2) is 23.3 Å². The molecule has 3 fully saturated rings. The van der Waals surface area contributed by atoms with Crippen LogP contribution in [0.5, 0.6) is 0 Å². The lowest BCUT2D eigenvalue weighted by Gasteiger charge is -2.52. The summed E-state index contributed by atoms with van der Waals surface area (Å²) in [7, 11) is 1.83. The summed E-state index contributed by atoms with van der Waals surface area (Å²) in [5.41, 5.74) is 0.637. The minimum Gasteiger partial charge on any atom is -0.450 e. The predicted molar refractivity (Wildman–Crippen MR) is 141 cm³/mol. The van der Waals surface area contributed by atoms with E-state index in [0.29, 0.717) is 17.2 Å². The number of esters is 1. The fraction of sp³-hybridized carbons (Fsp3) is 0.677. The molecule has 0 aromatic carbocycles. The quantitative estimate of drug-likeness (QED) is 0.456. The topological polar surface area (TPSA) is 87.0 Å². The Hall–Kier alpha value is -2.22. The number of aromatic nitrogens is 1. The number of hydrogen-bond donors (Lipinski definition) is 1. The van der Waals surface area contributed by atoms with Gasteiger partial charge in [0, 0.05) is 18.7 Å². The van der Waals surface area contributed by atoms with Gasteiger partial charge in [-0.2, -0.15) is 0 Å². The van der Waals surface area contributed by atoms with Crippen LogP contribution in [0.3, 0.4) is 0 Å². The van der Waals surface area contributed by atoms with Crippen LogP contribution in [0.4, 0.5) is 0 Å². The van der Waals surface area contributed by atoms with E-state index in [2.05, 4.69) is 20.8 Å². The van der Waals surface area contributed by atoms with Gasteiger partial charge in [-0.3, -0.25) is 4.79 Å². The summed E-state index contributed by atoms with van der Waals surface area (Å²) in [5.74, 6) is -1.41. The van der Waals surface area contributed by atoms with Crippen LogP contribution < -0.4 is 0 Å². The molecule has 7 nitrogen and oxygen atoms in total. The van der Waals surface area contributed by atoms with Gasteiger partial charge in [-0.05, 0) is 87.0 Å². The lowest BCUT2D eigenvalue weighted by molar-refractivity contribution is -0.302. The Kier molecular flexibility index (Phi) is 5.28. The third-order valence-corrected chi connectivity index (χ3v) is 10.8. The summed E-state index contributed by atoms with van der Waals surface area (Å²) in [6, 6.07) is 1.94. The Bertz CT molecular complexity index is 1320. The number of ether oxygens (including phenoxy) is 3. The summed E-state index contributed by atoms with van der Waals surface area (Å²) in [6.45, 7) is 16.1. The van der Waals surface area contributed by atoms with Crippen LogP contribution in [0.25, 0.3) is 0 Å². The Morgan fingerprint density at radius 2 is 1.87 bits per heavy atom. The number of carbonyl (C=O) groups excluding carboxylic acids is 2. The Labute approximate surface area is 225 Å². The number of aliphatic hydroxyl groups is 1. The molecule has 4 aliphatic carbocycles. The molecule has 5 aliphatic rings. The average Bonchev–Trinajstić information content (AvgIpc) is 3.18. The van der Waals surface area contributed by atoms with E-state index in [1.54, 1.807) is 0 Å². The third-order valence-electron chi connectivity index (χ3n) is 10.8. The second-order valence-electron chi connectivity index (χ2n) is 13.7. The maximum absolute atomic E-state index is 14.8. The largest absolute Gasteiger partial charge is 0.450 e. The Balaban J connectivity index is 1.52. The van der Waals surface area contributed by atoms with Crippen molar-refractivity contribution in [3.8, 4) is 0 Å². The van der Waals surface area contributed by atoms with Crippen LogP contribution in [0.15, 0.2) is 29.4 Å². The normalized spacial score (nSPS) is 42.1. The number of allylic oxidation sites excluding steroid dienone is 1. The molecule has 7 heteroatoms. The van der Waals surface area contributed by atoms with Crippen molar-refractivity contribution in [2.24, 2.45) is 41.5 Å². The van der Waals surface area contributed by atoms with E-state index in [0.717, 1.165) is 23.3 Å². The first kappa shape index (κ1) is 26.0. The van der Waals surface area contributed by atoms with Gasteiger partial charge in [-0.15, -0.1) is 0 Å². The molecular formula is C31H41NO6. The van der Waals surface area contributed by atoms with Gasteiger partial charge in [0.1, 0.15) is 11.8 Å². The lowest BCUT2D eigenvalue weighted by atomic mass is 9.59. The van der Waals surface area contributed by atoms with Crippen molar-refractivity contribution in [3.63, 3.8) is 0 Å². The monoisotopic (exact) mass is 523 g/mol. The molecule has 2 unspecified atom stereocenters. The van der Waals surface area contributed by atoms with Gasteiger partial charge in [-0.25, -0.2) is 4.79 Å². The van der Waals surface area contributed by atoms with Crippen molar-refractivity contribution in [1.82, 2.24) is 4.57 Å². The van der Waals surface area contributed by atoms with E-state index in [9.17, 15) is 14.7 Å². The minimum atomic E-state index is -1.81. The highest BCUT2D eigenvalue weighted by atomic mass is 16.7. The van der Waals surface area contributed by atoms with Crippen molar-refractivity contribution in [2.45, 2.75) is 85.4 Å². The molecule has 1 N–H and O–H groups in total. The predicted octanol–water partition coefficient (Wildman–Crippen LogP) is 4.43. The highest BCUT2D eigenvalue weighted by Gasteiger charge is 2.77. The summed E-state index contributed by atoms with van der Waals surface area (Å²) in [6.07, 6.45) is 2.87. The zero-order valence-electron chi connectivity index (χ0n) is 24.0. The van der Waals surface area contributed by atoms with Crippen LogP contribution in [0, 0.1) is 48.3 Å². The Morgan fingerprint density at radius 3 is 2.50 bits per heavy atom. The molecule has 2 heterocycles. The number of hydrogen-bond acceptors (Lipinski definition) is 6. The van der Waals surface area contributed by atoms with E-state index >= 15 is 0 Å². The molecule has 38 heavy (non-hydrogen) atoms. The van der Waals surface area contributed by atoms with Gasteiger partial charge < -0.3 is 23.9 Å². The van der Waals surface area contributed by atoms with E-state index in [4.69, 9.17) is 14.2 Å². The lowest BCUT2D eigenvalue weighted by Crippen LogP contribution is -2.68. The molecule has 2 saturated carbocycles. The van der Waals surface area contributed by atoms with E-state index in [-0.39, 0.29) is 35.6 Å². The standard InChI is InChI=1S/C31H41NO6/c1-15-10-18(4)32(9)23(15)27(34)37-25-16(2)13-30-17(3)11-21-22(28(21,5)6)20(24(30)33)12-19-14-36-29(7,8)38-26(19)31(25,30)35/h10,12-13,17,20-22,25-26,35H,11,14H2,1-9H3/t17?,20-,21+,22-,25-,26+,30?,31+/m0/s1. The molecule has 8 atom stereocenters. The summed E-state index contributed by atoms with van der Waals surface area (Å²) >= 11 is 0. The summed E-state index contributed by atoms with van der Waals surface area (Å²) in [4.78, 5) is 28.5. The van der Waals surface area contributed by atoms with Gasteiger partial charge >= 0.3 is 5.97 Å². The SMILES string of the molecule is CC1=CC23C(=O)[C@@H](C=C4COC(C)(C)O[C@H]4[C@]2(O)[C@H]1OC(=O)c1c(C)cc(C)n1C)[C@H]1[C@@H](CC3C)C1(C)C.